The molecule has 1 aliphatic rings. The van der Waals surface area contributed by atoms with Crippen LogP contribution in [0.4, 0.5) is 10.5 Å². The number of hydrogen-bond acceptors (Lipinski definition) is 5. The molecule has 0 aromatic heterocycles. The minimum Gasteiger partial charge on any atom is -0.481 e. The zero-order chi connectivity index (χ0) is 20.4. The summed E-state index contributed by atoms with van der Waals surface area (Å²) in [6.07, 6.45) is 3.53. The van der Waals surface area contributed by atoms with Crippen LogP contribution >= 0.6 is 0 Å². The van der Waals surface area contributed by atoms with Gasteiger partial charge in [-0.3, -0.25) is 4.79 Å². The van der Waals surface area contributed by atoms with E-state index in [1.54, 1.807) is 18.3 Å². The minimum atomic E-state index is -0.768. The van der Waals surface area contributed by atoms with E-state index in [-0.39, 0.29) is 30.7 Å². The molecule has 0 saturated carbocycles. The number of aliphatic carboxylic acids is 1. The number of benzene rings is 1. The molecule has 1 aromatic carbocycles. The summed E-state index contributed by atoms with van der Waals surface area (Å²) in [6, 6.07) is 8.68. The third-order valence-corrected chi connectivity index (χ3v) is 4.74. The molecule has 1 saturated heterocycles. The van der Waals surface area contributed by atoms with Gasteiger partial charge < -0.3 is 19.9 Å². The average Bonchev–Trinajstić information content (AvgIpc) is 2.66. The maximum atomic E-state index is 11.9. The smallest absolute Gasteiger partial charge is 0.339 e. The number of anilines is 1. The molecule has 1 unspecified atom stereocenters. The van der Waals surface area contributed by atoms with Gasteiger partial charge in [0.25, 0.3) is 0 Å². The molecule has 2 amide bonds. The summed E-state index contributed by atoms with van der Waals surface area (Å²) in [5, 5.41) is 15.5. The molecule has 8 nitrogen and oxygen atoms in total. The molecule has 8 heteroatoms. The Morgan fingerprint density at radius 1 is 1.32 bits per heavy atom. The predicted molar refractivity (Wildman–Crippen MR) is 106 cm³/mol. The number of carboxylic acids is 1. The highest BCUT2D eigenvalue weighted by Crippen LogP contribution is 2.28. The third kappa shape index (κ3) is 7.66. The van der Waals surface area contributed by atoms with Gasteiger partial charge in [0.05, 0.1) is 12.8 Å². The number of urea groups is 1. The van der Waals surface area contributed by atoms with E-state index >= 15 is 0 Å². The van der Waals surface area contributed by atoms with Gasteiger partial charge in [0, 0.05) is 18.0 Å². The van der Waals surface area contributed by atoms with Crippen molar-refractivity contribution in [3.63, 3.8) is 0 Å². The highest BCUT2D eigenvalue weighted by Gasteiger charge is 2.32. The van der Waals surface area contributed by atoms with Crippen molar-refractivity contribution < 1.29 is 24.2 Å². The SMILES string of the molecule is CC(CCCCC(=O)O)[C@H]1CO[C@@H](C)O[C@H]1/C=N/NC(=O)Nc1ccccc1. The van der Waals surface area contributed by atoms with Gasteiger partial charge in [-0.25, -0.2) is 10.2 Å². The van der Waals surface area contributed by atoms with Crippen LogP contribution in [-0.4, -0.2) is 42.3 Å². The van der Waals surface area contributed by atoms with Crippen molar-refractivity contribution in [3.05, 3.63) is 30.3 Å². The molecular weight excluding hydrogens is 362 g/mol. The van der Waals surface area contributed by atoms with Crippen molar-refractivity contribution >= 4 is 23.9 Å². The fourth-order valence-electron chi connectivity index (χ4n) is 3.14. The van der Waals surface area contributed by atoms with E-state index in [0.717, 1.165) is 12.8 Å². The van der Waals surface area contributed by atoms with E-state index in [2.05, 4.69) is 22.8 Å². The van der Waals surface area contributed by atoms with Gasteiger partial charge >= 0.3 is 12.0 Å². The Bertz CT molecular complexity index is 653. The summed E-state index contributed by atoms with van der Waals surface area (Å²) in [6.45, 7) is 4.46. The molecule has 4 atom stereocenters. The van der Waals surface area contributed by atoms with Crippen molar-refractivity contribution in [2.24, 2.45) is 16.9 Å². The van der Waals surface area contributed by atoms with Crippen LogP contribution < -0.4 is 10.7 Å². The highest BCUT2D eigenvalue weighted by atomic mass is 16.7. The van der Waals surface area contributed by atoms with Crippen LogP contribution in [0.5, 0.6) is 0 Å². The van der Waals surface area contributed by atoms with Gasteiger partial charge in [-0.15, -0.1) is 0 Å². The van der Waals surface area contributed by atoms with Gasteiger partial charge in [0.2, 0.25) is 0 Å². The Balaban J connectivity index is 1.83. The molecule has 154 valence electrons. The lowest BCUT2D eigenvalue weighted by Gasteiger charge is -2.36. The van der Waals surface area contributed by atoms with E-state index in [0.29, 0.717) is 18.7 Å². The average molecular weight is 391 g/mol. The third-order valence-electron chi connectivity index (χ3n) is 4.74. The molecule has 1 aromatic rings. The molecular formula is C20H29N3O5. The summed E-state index contributed by atoms with van der Waals surface area (Å²) in [4.78, 5) is 22.5. The minimum absolute atomic E-state index is 0.0868. The number of rotatable bonds is 9. The Morgan fingerprint density at radius 2 is 2.07 bits per heavy atom. The monoisotopic (exact) mass is 391 g/mol. The van der Waals surface area contributed by atoms with E-state index in [1.165, 1.54) is 0 Å². The first-order valence-corrected chi connectivity index (χ1v) is 9.59. The number of nitrogens with one attached hydrogen (secondary N) is 2. The number of nitrogens with zero attached hydrogens (tertiary/aromatic N) is 1. The first kappa shape index (κ1) is 21.8. The summed E-state index contributed by atoms with van der Waals surface area (Å²) in [7, 11) is 0. The van der Waals surface area contributed by atoms with Gasteiger partial charge in [0.15, 0.2) is 6.29 Å². The molecule has 0 spiro atoms. The number of carboxylic acid groups (broad SMARTS) is 1. The van der Waals surface area contributed by atoms with Crippen molar-refractivity contribution in [2.75, 3.05) is 11.9 Å². The maximum Gasteiger partial charge on any atom is 0.339 e. The van der Waals surface area contributed by atoms with Crippen LogP contribution in [0.15, 0.2) is 35.4 Å². The number of hydrogen-bond donors (Lipinski definition) is 3. The lowest BCUT2D eigenvalue weighted by molar-refractivity contribution is -0.215. The van der Waals surface area contributed by atoms with Crippen LogP contribution in [-0.2, 0) is 14.3 Å². The van der Waals surface area contributed by atoms with Crippen LogP contribution in [0.1, 0.15) is 39.5 Å². The standard InChI is InChI=1S/C20H29N3O5/c1-14(8-6-7-11-19(24)25)17-13-27-15(2)28-18(17)12-21-23-20(26)22-16-9-4-3-5-10-16/h3-5,9-10,12,14-15,17-18H,6-8,11,13H2,1-2H3,(H,24,25)(H2,22,23,26)/b21-12+/t14?,15-,17-,18+/m1/s1. The second-order valence-corrected chi connectivity index (χ2v) is 6.99. The van der Waals surface area contributed by atoms with E-state index < -0.39 is 12.0 Å². The number of carbonyl (C=O) groups excluding carboxylic acids is 1. The summed E-state index contributed by atoms with van der Waals surface area (Å²) in [5.41, 5.74) is 3.13. The van der Waals surface area contributed by atoms with E-state index in [4.69, 9.17) is 14.6 Å². The summed E-state index contributed by atoms with van der Waals surface area (Å²) < 4.78 is 11.4. The number of unbranched alkanes of at least 4 members (excludes halogenated alkanes) is 1. The molecule has 2 rings (SSSR count). The number of carbonyl (C=O) groups is 2. The van der Waals surface area contributed by atoms with Gasteiger partial charge in [0.1, 0.15) is 6.10 Å². The predicted octanol–water partition coefficient (Wildman–Crippen LogP) is 3.45. The van der Waals surface area contributed by atoms with Gasteiger partial charge in [-0.2, -0.15) is 5.10 Å². The fraction of sp³-hybridized carbons (Fsp3) is 0.550. The van der Waals surface area contributed by atoms with E-state index in [1.807, 2.05) is 25.1 Å². The zero-order valence-corrected chi connectivity index (χ0v) is 16.3. The molecule has 28 heavy (non-hydrogen) atoms. The maximum absolute atomic E-state index is 11.9. The lowest BCUT2D eigenvalue weighted by Crippen LogP contribution is -2.43. The second kappa shape index (κ2) is 11.4. The second-order valence-electron chi connectivity index (χ2n) is 6.99. The normalized spacial score (nSPS) is 23.3. The Morgan fingerprint density at radius 3 is 2.79 bits per heavy atom. The summed E-state index contributed by atoms with van der Waals surface area (Å²) in [5.74, 6) is -0.407. The zero-order valence-electron chi connectivity index (χ0n) is 16.3. The van der Waals surface area contributed by atoms with Crippen LogP contribution in [0.2, 0.25) is 0 Å². The van der Waals surface area contributed by atoms with Crippen molar-refractivity contribution in [3.8, 4) is 0 Å². The lowest BCUT2D eigenvalue weighted by atomic mass is 9.85. The molecule has 0 bridgehead atoms. The number of amides is 2. The van der Waals surface area contributed by atoms with Crippen LogP contribution in [0, 0.1) is 11.8 Å². The fourth-order valence-corrected chi connectivity index (χ4v) is 3.14. The van der Waals surface area contributed by atoms with Crippen LogP contribution in [0.3, 0.4) is 0 Å². The van der Waals surface area contributed by atoms with Crippen molar-refractivity contribution in [1.82, 2.24) is 5.43 Å². The molecule has 0 radical (unpaired) electrons. The molecule has 1 aliphatic heterocycles. The van der Waals surface area contributed by atoms with Crippen molar-refractivity contribution in [1.29, 1.82) is 0 Å². The van der Waals surface area contributed by atoms with Gasteiger partial charge in [-0.1, -0.05) is 38.0 Å². The summed E-state index contributed by atoms with van der Waals surface area (Å²) >= 11 is 0. The largest absolute Gasteiger partial charge is 0.481 e. The highest BCUT2D eigenvalue weighted by molar-refractivity contribution is 5.89. The molecule has 1 heterocycles. The number of hydrazone groups is 1. The topological polar surface area (TPSA) is 109 Å². The molecule has 1 fully saturated rings. The first-order valence-electron chi connectivity index (χ1n) is 9.59. The van der Waals surface area contributed by atoms with Crippen LogP contribution in [0.25, 0.3) is 0 Å². The Hall–Kier alpha value is -2.45. The van der Waals surface area contributed by atoms with E-state index in [9.17, 15) is 9.59 Å². The van der Waals surface area contributed by atoms with Gasteiger partial charge in [-0.05, 0) is 31.4 Å². The Labute approximate surface area is 165 Å². The first-order chi connectivity index (χ1) is 13.5. The van der Waals surface area contributed by atoms with Crippen molar-refractivity contribution in [2.45, 2.75) is 51.9 Å². The Kier molecular flexibility index (Phi) is 8.90. The number of para-hydroxylation sites is 1. The molecule has 3 N–H and O–H groups in total. The quantitative estimate of drug-likeness (QED) is 0.339. The number of ether oxygens (including phenoxy) is 2. The molecule has 0 aliphatic carbocycles.